The van der Waals surface area contributed by atoms with Crippen LogP contribution in [0.15, 0.2) is 24.3 Å². The topological polar surface area (TPSA) is 128 Å². The fourth-order valence-electron chi connectivity index (χ4n) is 5.09. The van der Waals surface area contributed by atoms with E-state index in [2.05, 4.69) is 52.0 Å². The van der Waals surface area contributed by atoms with E-state index >= 15 is 0 Å². The standard InChI is InChI=1S/C24H32N6O3/c1-14-8-7-9-15(12-14)26-19-18-16(13-25-20(18)31)27-21(29-19)28-17-10-5-6-11-24(17,23(2,3)4)30-22(32)33/h7-9,12,17,30H,5-6,10-11,13H2,1-4H3,(H,25,31)(H,32,33)(H2,26,27,28,29). The van der Waals surface area contributed by atoms with Gasteiger partial charge >= 0.3 is 6.09 Å². The van der Waals surface area contributed by atoms with E-state index in [1.54, 1.807) is 0 Å². The van der Waals surface area contributed by atoms with Crippen molar-refractivity contribution in [1.29, 1.82) is 0 Å². The first-order valence-electron chi connectivity index (χ1n) is 11.4. The van der Waals surface area contributed by atoms with Crippen molar-refractivity contribution in [3.05, 3.63) is 41.1 Å². The van der Waals surface area contributed by atoms with Gasteiger partial charge < -0.3 is 26.4 Å². The zero-order chi connectivity index (χ0) is 23.8. The van der Waals surface area contributed by atoms with Crippen molar-refractivity contribution in [3.8, 4) is 0 Å². The zero-order valence-corrected chi connectivity index (χ0v) is 19.6. The number of aromatic nitrogens is 2. The highest BCUT2D eigenvalue weighted by Crippen LogP contribution is 2.43. The summed E-state index contributed by atoms with van der Waals surface area (Å²) in [5.41, 5.74) is 1.96. The van der Waals surface area contributed by atoms with E-state index in [1.807, 2.05) is 31.2 Å². The summed E-state index contributed by atoms with van der Waals surface area (Å²) in [7, 11) is 0. The molecule has 2 unspecified atom stereocenters. The van der Waals surface area contributed by atoms with Gasteiger partial charge in [-0.05, 0) is 42.9 Å². The van der Waals surface area contributed by atoms with Crippen LogP contribution < -0.4 is 21.3 Å². The Labute approximate surface area is 193 Å². The molecule has 1 saturated carbocycles. The highest BCUT2D eigenvalue weighted by Gasteiger charge is 2.50. The molecule has 1 aliphatic carbocycles. The molecular weight excluding hydrogens is 420 g/mol. The molecule has 2 heterocycles. The van der Waals surface area contributed by atoms with Crippen LogP contribution >= 0.6 is 0 Å². The maximum atomic E-state index is 12.5. The largest absolute Gasteiger partial charge is 0.465 e. The average molecular weight is 453 g/mol. The van der Waals surface area contributed by atoms with E-state index in [-0.39, 0.29) is 17.4 Å². The summed E-state index contributed by atoms with van der Waals surface area (Å²) in [5, 5.41) is 22.0. The summed E-state index contributed by atoms with van der Waals surface area (Å²) in [6.45, 7) is 8.50. The second-order valence-electron chi connectivity index (χ2n) is 9.99. The normalized spacial score (nSPS) is 22.3. The van der Waals surface area contributed by atoms with Crippen LogP contribution in [0.4, 0.5) is 22.2 Å². The number of hydrogen-bond acceptors (Lipinski definition) is 6. The van der Waals surface area contributed by atoms with Crippen molar-refractivity contribution < 1.29 is 14.7 Å². The number of nitrogens with one attached hydrogen (secondary N) is 4. The lowest BCUT2D eigenvalue weighted by Crippen LogP contribution is -2.67. The molecular formula is C24H32N6O3. The van der Waals surface area contributed by atoms with Crippen molar-refractivity contribution in [1.82, 2.24) is 20.6 Å². The van der Waals surface area contributed by atoms with E-state index in [4.69, 9.17) is 0 Å². The molecule has 2 aliphatic rings. The van der Waals surface area contributed by atoms with Crippen LogP contribution in [0.25, 0.3) is 0 Å². The number of carbonyl (C=O) groups excluding carboxylic acids is 1. The summed E-state index contributed by atoms with van der Waals surface area (Å²) in [5.74, 6) is 0.612. The van der Waals surface area contributed by atoms with Crippen LogP contribution in [0.5, 0.6) is 0 Å². The number of aryl methyl sites for hydroxylation is 1. The van der Waals surface area contributed by atoms with Gasteiger partial charge in [0.25, 0.3) is 5.91 Å². The predicted octanol–water partition coefficient (Wildman–Crippen LogP) is 4.18. The number of nitrogens with zero attached hydrogens (tertiary/aromatic N) is 2. The predicted molar refractivity (Wildman–Crippen MR) is 127 cm³/mol. The van der Waals surface area contributed by atoms with Crippen LogP contribution in [-0.4, -0.2) is 38.7 Å². The molecule has 0 bridgehead atoms. The molecule has 1 aromatic heterocycles. The monoisotopic (exact) mass is 452 g/mol. The Balaban J connectivity index is 1.71. The molecule has 9 heteroatoms. The van der Waals surface area contributed by atoms with E-state index in [0.29, 0.717) is 29.6 Å². The van der Waals surface area contributed by atoms with Gasteiger partial charge in [-0.1, -0.05) is 45.7 Å². The molecule has 0 radical (unpaired) electrons. The summed E-state index contributed by atoms with van der Waals surface area (Å²) in [6, 6.07) is 7.65. The lowest BCUT2D eigenvalue weighted by Gasteiger charge is -2.52. The van der Waals surface area contributed by atoms with Crippen LogP contribution in [0.1, 0.15) is 68.1 Å². The highest BCUT2D eigenvalue weighted by molar-refractivity contribution is 6.02. The van der Waals surface area contributed by atoms with Crippen LogP contribution in [0, 0.1) is 12.3 Å². The Kier molecular flexibility index (Phi) is 5.90. The summed E-state index contributed by atoms with van der Waals surface area (Å²) in [6.07, 6.45) is 2.40. The summed E-state index contributed by atoms with van der Waals surface area (Å²) in [4.78, 5) is 33.5. The Bertz CT molecular complexity index is 1080. The zero-order valence-electron chi connectivity index (χ0n) is 19.6. The van der Waals surface area contributed by atoms with Crippen molar-refractivity contribution in [2.24, 2.45) is 5.41 Å². The molecule has 0 spiro atoms. The van der Waals surface area contributed by atoms with Crippen LogP contribution in [-0.2, 0) is 6.54 Å². The minimum Gasteiger partial charge on any atom is -0.465 e. The van der Waals surface area contributed by atoms with Gasteiger partial charge in [-0.15, -0.1) is 0 Å². The molecule has 2 atom stereocenters. The first-order valence-corrected chi connectivity index (χ1v) is 11.4. The maximum Gasteiger partial charge on any atom is 0.405 e. The molecule has 2 amide bonds. The number of fused-ring (bicyclic) bond motifs is 1. The second kappa shape index (κ2) is 8.53. The average Bonchev–Trinajstić information content (AvgIpc) is 3.09. The SMILES string of the molecule is Cc1cccc(Nc2nc(NC3CCCCC3(NC(=O)O)C(C)(C)C)nc3c2C(=O)NC3)c1. The minimum absolute atomic E-state index is 0.197. The van der Waals surface area contributed by atoms with Gasteiger partial charge in [-0.3, -0.25) is 4.79 Å². The van der Waals surface area contributed by atoms with Crippen LogP contribution in [0.3, 0.4) is 0 Å². The number of carbonyl (C=O) groups is 2. The van der Waals surface area contributed by atoms with Gasteiger partial charge in [-0.2, -0.15) is 4.98 Å². The van der Waals surface area contributed by atoms with E-state index in [9.17, 15) is 14.7 Å². The molecule has 4 rings (SSSR count). The Morgan fingerprint density at radius 2 is 2.03 bits per heavy atom. The Morgan fingerprint density at radius 3 is 2.73 bits per heavy atom. The molecule has 2 aromatic rings. The van der Waals surface area contributed by atoms with Gasteiger partial charge in [-0.25, -0.2) is 9.78 Å². The number of amides is 2. The van der Waals surface area contributed by atoms with Crippen LogP contribution in [0.2, 0.25) is 0 Å². The fraction of sp³-hybridized carbons (Fsp3) is 0.500. The number of carboxylic acid groups (broad SMARTS) is 1. The molecule has 5 N–H and O–H groups in total. The maximum absolute atomic E-state index is 12.5. The third-order valence-electron chi connectivity index (χ3n) is 6.79. The fourth-order valence-corrected chi connectivity index (χ4v) is 5.09. The smallest absolute Gasteiger partial charge is 0.405 e. The molecule has 1 fully saturated rings. The first kappa shape index (κ1) is 22.8. The minimum atomic E-state index is -1.04. The number of benzene rings is 1. The number of rotatable bonds is 5. The second-order valence-corrected chi connectivity index (χ2v) is 9.99. The Morgan fingerprint density at radius 1 is 1.24 bits per heavy atom. The third kappa shape index (κ3) is 4.44. The lowest BCUT2D eigenvalue weighted by molar-refractivity contribution is 0.0719. The first-order chi connectivity index (χ1) is 15.6. The van der Waals surface area contributed by atoms with Gasteiger partial charge in [0.2, 0.25) is 5.95 Å². The lowest BCUT2D eigenvalue weighted by atomic mass is 9.63. The highest BCUT2D eigenvalue weighted by atomic mass is 16.4. The number of anilines is 3. The van der Waals surface area contributed by atoms with Gasteiger partial charge in [0.1, 0.15) is 11.4 Å². The number of hydrogen-bond donors (Lipinski definition) is 5. The molecule has 1 aromatic carbocycles. The quantitative estimate of drug-likeness (QED) is 0.460. The van der Waals surface area contributed by atoms with Gasteiger partial charge in [0.05, 0.1) is 23.8 Å². The molecule has 33 heavy (non-hydrogen) atoms. The van der Waals surface area contributed by atoms with Crippen molar-refractivity contribution >= 4 is 29.5 Å². The molecule has 1 aliphatic heterocycles. The van der Waals surface area contributed by atoms with Crippen molar-refractivity contribution in [3.63, 3.8) is 0 Å². The Hall–Kier alpha value is -3.36. The molecule has 9 nitrogen and oxygen atoms in total. The van der Waals surface area contributed by atoms with E-state index in [0.717, 1.165) is 36.9 Å². The van der Waals surface area contributed by atoms with E-state index < -0.39 is 11.6 Å². The van der Waals surface area contributed by atoms with Crippen molar-refractivity contribution in [2.75, 3.05) is 10.6 Å². The van der Waals surface area contributed by atoms with Gasteiger partial charge in [0, 0.05) is 5.69 Å². The van der Waals surface area contributed by atoms with Crippen molar-refractivity contribution in [2.45, 2.75) is 71.5 Å². The van der Waals surface area contributed by atoms with Gasteiger partial charge in [0.15, 0.2) is 0 Å². The third-order valence-corrected chi connectivity index (χ3v) is 6.79. The summed E-state index contributed by atoms with van der Waals surface area (Å²) < 4.78 is 0. The molecule has 0 saturated heterocycles. The molecule has 176 valence electrons. The summed E-state index contributed by atoms with van der Waals surface area (Å²) >= 11 is 0. The van der Waals surface area contributed by atoms with E-state index in [1.165, 1.54) is 0 Å².